The minimum absolute atomic E-state index is 0.0517. The summed E-state index contributed by atoms with van der Waals surface area (Å²) < 4.78 is 11.7. The number of fused-ring (bicyclic) bond motifs is 1. The van der Waals surface area contributed by atoms with Crippen LogP contribution in [0.15, 0.2) is 42.6 Å². The van der Waals surface area contributed by atoms with E-state index in [0.717, 1.165) is 43.5 Å². The van der Waals surface area contributed by atoms with E-state index in [1.165, 1.54) is 0 Å². The number of urea groups is 1. The molecule has 3 heterocycles. The summed E-state index contributed by atoms with van der Waals surface area (Å²) in [6, 6.07) is 11.6. The molecule has 2 aromatic rings. The molecule has 0 bridgehead atoms. The van der Waals surface area contributed by atoms with Crippen LogP contribution in [0, 0.1) is 5.92 Å². The maximum absolute atomic E-state index is 11.5. The number of primary amides is 1. The molecule has 2 amide bonds. The molecule has 2 atom stereocenters. The zero-order valence-electron chi connectivity index (χ0n) is 15.8. The number of aromatic nitrogens is 1. The Hall–Kier alpha value is -2.80. The van der Waals surface area contributed by atoms with Gasteiger partial charge in [-0.1, -0.05) is 24.3 Å². The molecule has 2 aliphatic rings. The number of rotatable bonds is 5. The molecule has 0 spiro atoms. The Kier molecular flexibility index (Phi) is 5.62. The molecule has 1 aromatic heterocycles. The second kappa shape index (κ2) is 8.48. The third kappa shape index (κ3) is 4.36. The van der Waals surface area contributed by atoms with Crippen LogP contribution in [0.3, 0.4) is 0 Å². The number of nitrogens with one attached hydrogen (secondary N) is 2. The molecule has 0 aliphatic carbocycles. The van der Waals surface area contributed by atoms with Gasteiger partial charge in [0.05, 0.1) is 0 Å². The summed E-state index contributed by atoms with van der Waals surface area (Å²) >= 11 is 0. The molecule has 2 aliphatic heterocycles. The standard InChI is InChI=1S/C21H26N4O3/c22-21(26)25-17(15-7-10-23-11-8-15)12-14-3-5-16(6-4-14)19-13-27-18-2-1-9-24-20(18)28-19/h1-6,9,15,17,19,23H,7-8,10-13H2,(H3,22,25,26). The third-order valence-electron chi connectivity index (χ3n) is 5.47. The molecule has 0 saturated carbocycles. The molecule has 0 radical (unpaired) electrons. The number of benzene rings is 1. The quantitative estimate of drug-likeness (QED) is 0.736. The summed E-state index contributed by atoms with van der Waals surface area (Å²) in [5.74, 6) is 1.64. The van der Waals surface area contributed by atoms with Crippen LogP contribution in [0.2, 0.25) is 0 Å². The van der Waals surface area contributed by atoms with Crippen molar-refractivity contribution in [2.24, 2.45) is 11.7 Å². The number of ether oxygens (including phenoxy) is 2. The first-order valence-electron chi connectivity index (χ1n) is 9.79. The van der Waals surface area contributed by atoms with Crippen LogP contribution in [0.25, 0.3) is 0 Å². The molecule has 4 rings (SSSR count). The van der Waals surface area contributed by atoms with Crippen molar-refractivity contribution in [3.8, 4) is 11.6 Å². The number of carbonyl (C=O) groups excluding carboxylic acids is 1. The number of nitrogens with two attached hydrogens (primary N) is 1. The van der Waals surface area contributed by atoms with Gasteiger partial charge in [-0.25, -0.2) is 9.78 Å². The first-order chi connectivity index (χ1) is 13.7. The van der Waals surface area contributed by atoms with E-state index in [-0.39, 0.29) is 12.1 Å². The molecule has 7 nitrogen and oxygen atoms in total. The van der Waals surface area contributed by atoms with Crippen molar-refractivity contribution >= 4 is 6.03 Å². The normalized spacial score (nSPS) is 20.4. The van der Waals surface area contributed by atoms with E-state index < -0.39 is 6.03 Å². The fourth-order valence-corrected chi connectivity index (χ4v) is 3.96. The van der Waals surface area contributed by atoms with Crippen LogP contribution >= 0.6 is 0 Å². The number of carbonyl (C=O) groups is 1. The van der Waals surface area contributed by atoms with Crippen molar-refractivity contribution in [2.45, 2.75) is 31.4 Å². The number of piperidine rings is 1. The summed E-state index contributed by atoms with van der Waals surface area (Å²) in [7, 11) is 0. The Bertz CT molecular complexity index is 806. The summed E-state index contributed by atoms with van der Waals surface area (Å²) in [5.41, 5.74) is 7.62. The smallest absolute Gasteiger partial charge is 0.312 e. The van der Waals surface area contributed by atoms with Crippen LogP contribution in [0.4, 0.5) is 4.79 Å². The fraction of sp³-hybridized carbons (Fsp3) is 0.429. The van der Waals surface area contributed by atoms with Gasteiger partial charge < -0.3 is 25.8 Å². The number of hydrogen-bond acceptors (Lipinski definition) is 5. The minimum atomic E-state index is -0.459. The Balaban J connectivity index is 1.42. The monoisotopic (exact) mass is 382 g/mol. The van der Waals surface area contributed by atoms with E-state index in [1.54, 1.807) is 6.20 Å². The highest BCUT2D eigenvalue weighted by atomic mass is 16.6. The topological polar surface area (TPSA) is 98.5 Å². The SMILES string of the molecule is NC(=O)NC(Cc1ccc(C2COc3cccnc3O2)cc1)C1CCNCC1. The zero-order chi connectivity index (χ0) is 19.3. The average molecular weight is 382 g/mol. The van der Waals surface area contributed by atoms with Crippen LogP contribution < -0.4 is 25.8 Å². The van der Waals surface area contributed by atoms with Gasteiger partial charge in [-0.15, -0.1) is 0 Å². The van der Waals surface area contributed by atoms with E-state index in [9.17, 15) is 4.79 Å². The lowest BCUT2D eigenvalue weighted by Crippen LogP contribution is -2.47. The van der Waals surface area contributed by atoms with Gasteiger partial charge in [-0.3, -0.25) is 0 Å². The maximum Gasteiger partial charge on any atom is 0.312 e. The van der Waals surface area contributed by atoms with Gasteiger partial charge in [-0.2, -0.15) is 0 Å². The van der Waals surface area contributed by atoms with Gasteiger partial charge >= 0.3 is 6.03 Å². The predicted octanol–water partition coefficient (Wildman–Crippen LogP) is 2.17. The number of nitrogens with zero attached hydrogens (tertiary/aromatic N) is 1. The summed E-state index contributed by atoms with van der Waals surface area (Å²) in [5, 5.41) is 6.31. The highest BCUT2D eigenvalue weighted by Crippen LogP contribution is 2.34. The van der Waals surface area contributed by atoms with Crippen molar-refractivity contribution in [3.63, 3.8) is 0 Å². The molecule has 1 fully saturated rings. The molecule has 1 saturated heterocycles. The highest BCUT2D eigenvalue weighted by molar-refractivity contribution is 5.72. The van der Waals surface area contributed by atoms with Crippen molar-refractivity contribution < 1.29 is 14.3 Å². The average Bonchev–Trinajstić information content (AvgIpc) is 2.74. The lowest BCUT2D eigenvalue weighted by molar-refractivity contribution is 0.0851. The van der Waals surface area contributed by atoms with E-state index in [2.05, 4.69) is 39.9 Å². The molecular weight excluding hydrogens is 356 g/mol. The zero-order valence-corrected chi connectivity index (χ0v) is 15.8. The Labute approximate surface area is 164 Å². The summed E-state index contributed by atoms with van der Waals surface area (Å²) in [6.45, 7) is 2.42. The van der Waals surface area contributed by atoms with Gasteiger partial charge in [0.1, 0.15) is 6.61 Å². The lowest BCUT2D eigenvalue weighted by Gasteiger charge is -2.31. The molecule has 2 unspecified atom stereocenters. The third-order valence-corrected chi connectivity index (χ3v) is 5.47. The second-order valence-corrected chi connectivity index (χ2v) is 7.37. The van der Waals surface area contributed by atoms with Crippen LogP contribution in [0.1, 0.15) is 30.1 Å². The molecular formula is C21H26N4O3. The molecule has 4 N–H and O–H groups in total. The van der Waals surface area contributed by atoms with Gasteiger partial charge in [0.2, 0.25) is 0 Å². The number of amides is 2. The fourth-order valence-electron chi connectivity index (χ4n) is 3.96. The van der Waals surface area contributed by atoms with Crippen LogP contribution in [0.5, 0.6) is 11.6 Å². The maximum atomic E-state index is 11.5. The summed E-state index contributed by atoms with van der Waals surface area (Å²) in [6.07, 6.45) is 4.37. The lowest BCUT2D eigenvalue weighted by atomic mass is 9.86. The van der Waals surface area contributed by atoms with Gasteiger partial charge in [0.25, 0.3) is 5.88 Å². The Morgan fingerprint density at radius 2 is 2.04 bits per heavy atom. The second-order valence-electron chi connectivity index (χ2n) is 7.37. The largest absolute Gasteiger partial charge is 0.484 e. The van der Waals surface area contributed by atoms with Crippen molar-refractivity contribution in [1.29, 1.82) is 0 Å². The molecule has 148 valence electrons. The van der Waals surface area contributed by atoms with Gasteiger partial charge in [-0.05, 0) is 61.5 Å². The number of pyridine rings is 1. The molecule has 28 heavy (non-hydrogen) atoms. The Morgan fingerprint density at radius 3 is 2.79 bits per heavy atom. The summed E-state index contributed by atoms with van der Waals surface area (Å²) in [4.78, 5) is 15.7. The van der Waals surface area contributed by atoms with Gasteiger partial charge in [0.15, 0.2) is 11.9 Å². The van der Waals surface area contributed by atoms with Crippen molar-refractivity contribution in [3.05, 3.63) is 53.7 Å². The highest BCUT2D eigenvalue weighted by Gasteiger charge is 2.26. The molecule has 7 heteroatoms. The molecule has 1 aromatic carbocycles. The predicted molar refractivity (Wildman–Crippen MR) is 105 cm³/mol. The van der Waals surface area contributed by atoms with E-state index in [0.29, 0.717) is 24.2 Å². The minimum Gasteiger partial charge on any atom is -0.484 e. The first kappa shape index (κ1) is 18.6. The van der Waals surface area contributed by atoms with Gasteiger partial charge in [0, 0.05) is 12.2 Å². The van der Waals surface area contributed by atoms with E-state index in [4.69, 9.17) is 15.2 Å². The van der Waals surface area contributed by atoms with E-state index in [1.807, 2.05) is 12.1 Å². The Morgan fingerprint density at radius 1 is 1.25 bits per heavy atom. The first-order valence-corrected chi connectivity index (χ1v) is 9.79. The van der Waals surface area contributed by atoms with Crippen molar-refractivity contribution in [2.75, 3.05) is 19.7 Å². The van der Waals surface area contributed by atoms with Crippen LogP contribution in [-0.4, -0.2) is 36.8 Å². The number of hydrogen-bond donors (Lipinski definition) is 3. The van der Waals surface area contributed by atoms with Crippen molar-refractivity contribution in [1.82, 2.24) is 15.6 Å². The van der Waals surface area contributed by atoms with E-state index >= 15 is 0 Å². The van der Waals surface area contributed by atoms with Crippen LogP contribution in [-0.2, 0) is 6.42 Å².